The van der Waals surface area contributed by atoms with Crippen LogP contribution in [0.25, 0.3) is 0 Å². The van der Waals surface area contributed by atoms with E-state index in [9.17, 15) is 4.79 Å². The minimum absolute atomic E-state index is 0.372. The van der Waals surface area contributed by atoms with Crippen molar-refractivity contribution in [1.82, 2.24) is 0 Å². The van der Waals surface area contributed by atoms with Crippen LogP contribution in [0.5, 0.6) is 0 Å². The van der Waals surface area contributed by atoms with E-state index >= 15 is 0 Å². The maximum atomic E-state index is 11.3. The minimum Gasteiger partial charge on any atom is -0.404 e. The van der Waals surface area contributed by atoms with E-state index in [-0.39, 0.29) is 0 Å². The molecule has 0 rings (SSSR count). The number of hydrogen-bond donors (Lipinski definition) is 0. The van der Waals surface area contributed by atoms with E-state index in [4.69, 9.17) is 14.3 Å². The number of nitrogens with zero attached hydrogens (tertiary/aromatic N) is 1. The van der Waals surface area contributed by atoms with Crippen LogP contribution in [0.3, 0.4) is 0 Å². The van der Waals surface area contributed by atoms with Crippen LogP contribution in [0, 0.1) is 16.5 Å². The molecule has 0 saturated heterocycles. The lowest BCUT2D eigenvalue weighted by molar-refractivity contribution is -0.142. The van der Waals surface area contributed by atoms with Gasteiger partial charge in [0.2, 0.25) is 0 Å². The summed E-state index contributed by atoms with van der Waals surface area (Å²) in [5, 5.41) is 8.55. The minimum atomic E-state index is -1.71. The monoisotopic (exact) mass is 203 g/mol. The van der Waals surface area contributed by atoms with Crippen molar-refractivity contribution in [2.24, 2.45) is 5.41 Å². The third kappa shape index (κ3) is 4.82. The first kappa shape index (κ1) is 12.3. The SMILES string of the molecule is CCOP(C#N)OC(=O)C(C)(C)C. The second kappa shape index (κ2) is 5.16. The summed E-state index contributed by atoms with van der Waals surface area (Å²) in [6, 6.07) is 0. The van der Waals surface area contributed by atoms with Gasteiger partial charge in [0.05, 0.1) is 12.0 Å². The first-order valence-corrected chi connectivity index (χ1v) is 5.14. The standard InChI is InChI=1S/C8H14NO3P/c1-5-11-13(6-9)12-7(10)8(2,3)4/h5H2,1-4H3. The van der Waals surface area contributed by atoms with E-state index in [0.717, 1.165) is 0 Å². The van der Waals surface area contributed by atoms with Gasteiger partial charge < -0.3 is 9.05 Å². The van der Waals surface area contributed by atoms with E-state index in [1.807, 2.05) is 0 Å². The first-order chi connectivity index (χ1) is 5.91. The lowest BCUT2D eigenvalue weighted by Crippen LogP contribution is -2.21. The van der Waals surface area contributed by atoms with Crippen molar-refractivity contribution < 1.29 is 13.8 Å². The zero-order valence-corrected chi connectivity index (χ0v) is 9.22. The second-order valence-corrected chi connectivity index (χ2v) is 4.56. The number of hydrogen-bond acceptors (Lipinski definition) is 4. The van der Waals surface area contributed by atoms with Crippen LogP contribution in [0.1, 0.15) is 27.7 Å². The maximum Gasteiger partial charge on any atom is 0.347 e. The molecule has 0 aromatic carbocycles. The van der Waals surface area contributed by atoms with Crippen LogP contribution in [0.2, 0.25) is 0 Å². The summed E-state index contributed by atoms with van der Waals surface area (Å²) >= 11 is 0. The number of nitriles is 1. The molecule has 0 aromatic rings. The summed E-state index contributed by atoms with van der Waals surface area (Å²) in [7, 11) is -1.71. The summed E-state index contributed by atoms with van der Waals surface area (Å²) in [6.07, 6.45) is 0. The van der Waals surface area contributed by atoms with E-state index in [2.05, 4.69) is 0 Å². The molecule has 74 valence electrons. The van der Waals surface area contributed by atoms with Gasteiger partial charge in [-0.15, -0.1) is 0 Å². The average molecular weight is 203 g/mol. The summed E-state index contributed by atoms with van der Waals surface area (Å²) < 4.78 is 9.76. The van der Waals surface area contributed by atoms with Gasteiger partial charge in [-0.2, -0.15) is 5.26 Å². The second-order valence-electron chi connectivity index (χ2n) is 3.40. The third-order valence-electron chi connectivity index (χ3n) is 1.11. The van der Waals surface area contributed by atoms with Crippen molar-refractivity contribution in [3.05, 3.63) is 0 Å². The molecule has 0 heterocycles. The van der Waals surface area contributed by atoms with Crippen LogP contribution in [0.15, 0.2) is 0 Å². The Morgan fingerprint density at radius 3 is 2.38 bits per heavy atom. The van der Waals surface area contributed by atoms with Crippen LogP contribution in [-0.2, 0) is 13.8 Å². The molecule has 13 heavy (non-hydrogen) atoms. The van der Waals surface area contributed by atoms with Crippen molar-refractivity contribution in [2.45, 2.75) is 27.7 Å². The molecule has 1 unspecified atom stereocenters. The van der Waals surface area contributed by atoms with Crippen molar-refractivity contribution in [3.63, 3.8) is 0 Å². The van der Waals surface area contributed by atoms with Crippen molar-refractivity contribution in [1.29, 1.82) is 5.26 Å². The Bertz CT molecular complexity index is 216. The Hall–Kier alpha value is -0.650. The topological polar surface area (TPSA) is 59.3 Å². The lowest BCUT2D eigenvalue weighted by atomic mass is 9.98. The van der Waals surface area contributed by atoms with Crippen LogP contribution < -0.4 is 0 Å². The van der Waals surface area contributed by atoms with E-state index in [1.165, 1.54) is 0 Å². The molecule has 0 aliphatic carbocycles. The van der Waals surface area contributed by atoms with Gasteiger partial charge in [-0.25, -0.2) is 0 Å². The number of carbonyl (C=O) groups is 1. The average Bonchev–Trinajstić information content (AvgIpc) is 2.01. The molecule has 0 spiro atoms. The number of rotatable bonds is 3. The molecule has 0 bridgehead atoms. The van der Waals surface area contributed by atoms with Crippen LogP contribution in [-0.4, -0.2) is 12.6 Å². The summed E-state index contributed by atoms with van der Waals surface area (Å²) in [6.45, 7) is 7.30. The highest BCUT2D eigenvalue weighted by Crippen LogP contribution is 2.38. The van der Waals surface area contributed by atoms with Gasteiger partial charge in [0, 0.05) is 0 Å². The maximum absolute atomic E-state index is 11.3. The van der Waals surface area contributed by atoms with Crippen molar-refractivity contribution in [2.75, 3.05) is 6.61 Å². The Balaban J connectivity index is 4.12. The molecular weight excluding hydrogens is 189 g/mol. The van der Waals surface area contributed by atoms with Crippen LogP contribution in [0.4, 0.5) is 0 Å². The van der Waals surface area contributed by atoms with Gasteiger partial charge in [0.25, 0.3) is 0 Å². The van der Waals surface area contributed by atoms with Gasteiger partial charge >= 0.3 is 14.3 Å². The fourth-order valence-corrected chi connectivity index (χ4v) is 1.22. The molecule has 0 amide bonds. The molecule has 0 aliphatic heterocycles. The highest BCUT2D eigenvalue weighted by atomic mass is 31.2. The quantitative estimate of drug-likeness (QED) is 0.661. The van der Waals surface area contributed by atoms with Crippen molar-refractivity contribution in [3.8, 4) is 5.81 Å². The molecule has 0 aliphatic rings. The summed E-state index contributed by atoms with van der Waals surface area (Å²) in [5.41, 5.74) is -0.589. The molecular formula is C8H14NO3P. The molecule has 0 fully saturated rings. The number of carbonyl (C=O) groups excluding carboxylic acids is 1. The van der Waals surface area contributed by atoms with Gasteiger partial charge in [-0.3, -0.25) is 4.79 Å². The highest BCUT2D eigenvalue weighted by Gasteiger charge is 2.27. The van der Waals surface area contributed by atoms with E-state index < -0.39 is 19.8 Å². The Kier molecular flexibility index (Phi) is 4.90. The van der Waals surface area contributed by atoms with E-state index in [1.54, 1.807) is 33.5 Å². The molecule has 0 radical (unpaired) electrons. The molecule has 0 aromatic heterocycles. The lowest BCUT2D eigenvalue weighted by Gasteiger charge is -2.17. The van der Waals surface area contributed by atoms with Gasteiger partial charge in [-0.1, -0.05) is 0 Å². The zero-order chi connectivity index (χ0) is 10.5. The predicted octanol–water partition coefficient (Wildman–Crippen LogP) is 2.41. The Labute approximate surface area is 79.7 Å². The van der Waals surface area contributed by atoms with Crippen molar-refractivity contribution >= 4 is 14.3 Å². The Morgan fingerprint density at radius 1 is 1.54 bits per heavy atom. The molecule has 4 nitrogen and oxygen atoms in total. The fourth-order valence-electron chi connectivity index (χ4n) is 0.405. The predicted molar refractivity (Wildman–Crippen MR) is 49.7 cm³/mol. The highest BCUT2D eigenvalue weighted by molar-refractivity contribution is 7.53. The molecule has 1 atom stereocenters. The fraction of sp³-hybridized carbons (Fsp3) is 0.750. The largest absolute Gasteiger partial charge is 0.404 e. The normalized spacial score (nSPS) is 13.2. The third-order valence-corrected chi connectivity index (χ3v) is 2.09. The Morgan fingerprint density at radius 2 is 2.08 bits per heavy atom. The molecule has 5 heteroatoms. The van der Waals surface area contributed by atoms with Gasteiger partial charge in [0.15, 0.2) is 5.81 Å². The van der Waals surface area contributed by atoms with Gasteiger partial charge in [0.1, 0.15) is 0 Å². The van der Waals surface area contributed by atoms with Crippen LogP contribution >= 0.6 is 8.38 Å². The summed E-state index contributed by atoms with van der Waals surface area (Å²) in [4.78, 5) is 11.3. The molecule has 0 saturated carbocycles. The molecule has 0 N–H and O–H groups in total. The summed E-state index contributed by atoms with van der Waals surface area (Å²) in [5.74, 6) is 1.40. The van der Waals surface area contributed by atoms with E-state index in [0.29, 0.717) is 6.61 Å². The van der Waals surface area contributed by atoms with Gasteiger partial charge in [-0.05, 0) is 27.7 Å². The first-order valence-electron chi connectivity index (χ1n) is 3.97. The zero-order valence-electron chi connectivity index (χ0n) is 8.33. The smallest absolute Gasteiger partial charge is 0.347 e.